The van der Waals surface area contributed by atoms with Crippen LogP contribution in [0.3, 0.4) is 0 Å². The van der Waals surface area contributed by atoms with Crippen LogP contribution in [-0.4, -0.2) is 137 Å². The number of piperidine rings is 2. The number of esters is 2. The van der Waals surface area contributed by atoms with Crippen molar-refractivity contribution in [3.05, 3.63) is 239 Å². The zero-order valence-electron chi connectivity index (χ0n) is 53.0. The van der Waals surface area contributed by atoms with E-state index < -0.39 is 10.8 Å². The highest BCUT2D eigenvalue weighted by molar-refractivity contribution is 5.92. The van der Waals surface area contributed by atoms with E-state index in [9.17, 15) is 14.4 Å². The number of rotatable bonds is 18. The number of hydrogen-bond donors (Lipinski definition) is 1. The summed E-state index contributed by atoms with van der Waals surface area (Å²) in [5.74, 6) is 2.51. The number of aromatic nitrogens is 4. The lowest BCUT2D eigenvalue weighted by Gasteiger charge is -2.42. The Balaban J connectivity index is 0.000000195. The van der Waals surface area contributed by atoms with Crippen LogP contribution in [0.25, 0.3) is 0 Å². The van der Waals surface area contributed by atoms with Crippen LogP contribution in [-0.2, 0) is 63.1 Å². The van der Waals surface area contributed by atoms with Gasteiger partial charge in [0.1, 0.15) is 36.8 Å². The molecule has 13 rings (SSSR count). The van der Waals surface area contributed by atoms with Crippen LogP contribution in [0.1, 0.15) is 142 Å². The molecule has 0 radical (unpaired) electrons. The number of ether oxygens (including phenoxy) is 3. The molecule has 5 aliphatic heterocycles. The largest absolute Gasteiger partial charge is 1.00 e. The Bertz CT molecular complexity index is 3510. The fourth-order valence-electron chi connectivity index (χ4n) is 14.3. The van der Waals surface area contributed by atoms with E-state index in [1.54, 1.807) is 13.8 Å². The third-order valence-corrected chi connectivity index (χ3v) is 18.9. The number of amides is 1. The minimum absolute atomic E-state index is 0. The van der Waals surface area contributed by atoms with Crippen molar-refractivity contribution in [3.8, 4) is 0 Å². The number of halogens is 2. The van der Waals surface area contributed by atoms with Crippen molar-refractivity contribution in [2.24, 2.45) is 0 Å². The molecule has 5 saturated heterocycles. The molecule has 0 aliphatic carbocycles. The van der Waals surface area contributed by atoms with Gasteiger partial charge in [0, 0.05) is 32.4 Å². The van der Waals surface area contributed by atoms with E-state index in [4.69, 9.17) is 28.2 Å². The second-order valence-electron chi connectivity index (χ2n) is 24.1. The number of hydrogen-bond acceptors (Lipinski definition) is 14. The lowest BCUT2D eigenvalue weighted by Crippen LogP contribution is -3.00. The van der Waals surface area contributed by atoms with Gasteiger partial charge in [0.05, 0.1) is 30.7 Å². The van der Waals surface area contributed by atoms with Crippen molar-refractivity contribution < 1.29 is 59.2 Å². The smallest absolute Gasteiger partial charge is 0.351 e. The first-order valence-corrected chi connectivity index (χ1v) is 32.5. The van der Waals surface area contributed by atoms with Gasteiger partial charge in [-0.15, -0.1) is 12.4 Å². The molecule has 93 heavy (non-hydrogen) atoms. The summed E-state index contributed by atoms with van der Waals surface area (Å²) in [6, 6.07) is 63.0. The zero-order chi connectivity index (χ0) is 62.1. The summed E-state index contributed by atoms with van der Waals surface area (Å²) >= 11 is 0. The van der Waals surface area contributed by atoms with E-state index in [2.05, 4.69) is 144 Å². The predicted octanol–water partition coefficient (Wildman–Crippen LogP) is 9.06. The summed E-state index contributed by atoms with van der Waals surface area (Å²) in [5.41, 5.74) is 5.53. The highest BCUT2D eigenvalue weighted by Crippen LogP contribution is 2.45. The van der Waals surface area contributed by atoms with Gasteiger partial charge < -0.3 is 55.4 Å². The number of nitrogens with zero attached hydrogens (tertiary/aromatic N) is 7. The molecule has 2 aromatic heterocycles. The molecule has 492 valence electrons. The minimum Gasteiger partial charge on any atom is -1.00 e. The Hall–Kier alpha value is -7.83. The molecule has 18 heteroatoms. The van der Waals surface area contributed by atoms with Gasteiger partial charge in [-0.25, -0.2) is 4.58 Å². The highest BCUT2D eigenvalue weighted by Gasteiger charge is 2.52. The van der Waals surface area contributed by atoms with Gasteiger partial charge in [-0.05, 0) is 125 Å². The lowest BCUT2D eigenvalue weighted by atomic mass is 9.70. The molecular formula is C75H90BrClN8O8. The average molecular weight is 1350 g/mol. The molecule has 8 aromatic rings. The van der Waals surface area contributed by atoms with Crippen LogP contribution in [0.2, 0.25) is 0 Å². The maximum Gasteiger partial charge on any atom is 0.351 e. The lowest BCUT2D eigenvalue weighted by molar-refractivity contribution is -0.516. The molecule has 7 heterocycles. The highest BCUT2D eigenvalue weighted by atomic mass is 79.9. The topological polar surface area (TPSA) is 178 Å². The third kappa shape index (κ3) is 15.9. The fraction of sp³-hybridized carbons (Fsp3) is 0.413. The Labute approximate surface area is 565 Å². The molecule has 0 saturated carbocycles. The first-order valence-electron chi connectivity index (χ1n) is 32.5. The molecule has 1 N–H and O–H groups in total. The van der Waals surface area contributed by atoms with Gasteiger partial charge in [0.2, 0.25) is 17.7 Å². The van der Waals surface area contributed by atoms with Crippen LogP contribution in [0.15, 0.2) is 191 Å². The number of benzene rings is 6. The van der Waals surface area contributed by atoms with Crippen LogP contribution in [0.5, 0.6) is 0 Å². The molecule has 5 fully saturated rings. The number of carbonyl (C=O) groups is 3. The van der Waals surface area contributed by atoms with E-state index in [-0.39, 0.29) is 84.2 Å². The number of likely N-dealkylation sites (tertiary alicyclic amines) is 2. The normalized spacial score (nSPS) is 17.1. The second kappa shape index (κ2) is 33.8. The summed E-state index contributed by atoms with van der Waals surface area (Å²) in [6.07, 6.45) is 9.71. The predicted molar refractivity (Wildman–Crippen MR) is 358 cm³/mol. The zero-order valence-corrected chi connectivity index (χ0v) is 55.4. The van der Waals surface area contributed by atoms with Gasteiger partial charge in [-0.2, -0.15) is 9.97 Å². The first-order chi connectivity index (χ1) is 44.2. The quantitative estimate of drug-likeness (QED) is 0.0636. The Morgan fingerprint density at radius 3 is 1.39 bits per heavy atom. The molecule has 0 spiro atoms. The van der Waals surface area contributed by atoms with Crippen molar-refractivity contribution in [1.82, 2.24) is 35.4 Å². The van der Waals surface area contributed by atoms with Crippen LogP contribution in [0, 0.1) is 0 Å². The SMILES string of the molecule is C.CCOC(=O)Cc1nc(C2(c3ccccc3)CCN(CCC(C(=O)N3CCCC3)(c3ccccc3)c3ccccc3)CC2)no1.CCOC(=O)Cc1nc(C2(c3ccccc3)CCNCC2)no1.Cl.[Br-].c1ccc(C2(c3ccccc3)CCOC2=[N+]2CCCC2)cc1. The third-order valence-electron chi connectivity index (χ3n) is 18.9. The maximum absolute atomic E-state index is 14.6. The standard InChI is InChI=1S/C37H42N4O4.C20H22NO.C17H21N3O3.CH4.BrH.ClH/c1-2-44-33(42)28-32-38-34(39-45-32)36(29-14-6-3-7-15-29)20-25-40(26-21-36)27-22-37(30-16-8-4-9-17-30,31-18-10-5-11-19-31)35(43)41-23-12-13-24-41;1-3-9-17(10-4-1)20(18-11-5-2-6-12-18)13-16-22-19(20)21-14-7-8-15-21;1-2-22-15(21)12-14-19-16(20-23-14)17(8-10-18-11-9-17)13-6-4-3-5-7-13;;;/h3-11,14-19H,2,12-13,20-28H2,1H3;1-6,9-12H,7-8,13-16H2;3-7,18H,2,8-12H2,1H3;1H4;2*1H/q;+1;;;;/p-1. The monoisotopic (exact) mass is 1340 g/mol. The number of carbonyl (C=O) groups excluding carboxylic acids is 3. The summed E-state index contributed by atoms with van der Waals surface area (Å²) in [7, 11) is 0. The molecule has 5 aliphatic rings. The summed E-state index contributed by atoms with van der Waals surface area (Å²) in [5, 5.41) is 12.0. The van der Waals surface area contributed by atoms with Crippen molar-refractivity contribution in [3.63, 3.8) is 0 Å². The van der Waals surface area contributed by atoms with E-state index in [1.807, 2.05) is 72.8 Å². The van der Waals surface area contributed by atoms with Crippen molar-refractivity contribution in [1.29, 1.82) is 0 Å². The van der Waals surface area contributed by atoms with Crippen LogP contribution in [0.4, 0.5) is 0 Å². The number of nitrogens with one attached hydrogen (secondary N) is 1. The van der Waals surface area contributed by atoms with Crippen molar-refractivity contribution in [2.45, 2.75) is 120 Å². The van der Waals surface area contributed by atoms with Crippen LogP contribution < -0.4 is 22.3 Å². The Kier molecular flexibility index (Phi) is 25.8. The maximum atomic E-state index is 14.6. The molecule has 1 amide bonds. The molecular weight excluding hydrogens is 1260 g/mol. The molecule has 16 nitrogen and oxygen atoms in total. The molecule has 6 aromatic carbocycles. The Morgan fingerprint density at radius 1 is 0.548 bits per heavy atom. The van der Waals surface area contributed by atoms with Gasteiger partial charge in [-0.1, -0.05) is 200 Å². The molecule has 0 atom stereocenters. The van der Waals surface area contributed by atoms with Gasteiger partial charge in [0.15, 0.2) is 11.6 Å². The second-order valence-corrected chi connectivity index (χ2v) is 24.1. The summed E-state index contributed by atoms with van der Waals surface area (Å²) < 4.78 is 29.5. The molecule has 0 bridgehead atoms. The average Bonchev–Trinajstić information content (AvgIpc) is 1.74. The minimum atomic E-state index is -0.767. The van der Waals surface area contributed by atoms with E-state index >= 15 is 0 Å². The van der Waals surface area contributed by atoms with Crippen LogP contribution >= 0.6 is 12.4 Å². The Morgan fingerprint density at radius 2 is 0.957 bits per heavy atom. The summed E-state index contributed by atoms with van der Waals surface area (Å²) in [6.45, 7) is 13.1. The fourth-order valence-corrected chi connectivity index (χ4v) is 14.3. The van der Waals surface area contributed by atoms with E-state index in [0.717, 1.165) is 127 Å². The van der Waals surface area contributed by atoms with E-state index in [0.29, 0.717) is 37.2 Å². The van der Waals surface area contributed by atoms with Crippen molar-refractivity contribution in [2.75, 3.05) is 78.7 Å². The van der Waals surface area contributed by atoms with Gasteiger partial charge in [-0.3, -0.25) is 14.4 Å². The van der Waals surface area contributed by atoms with E-state index in [1.165, 1.54) is 35.4 Å². The van der Waals surface area contributed by atoms with Crippen molar-refractivity contribution >= 4 is 36.2 Å². The summed E-state index contributed by atoms with van der Waals surface area (Å²) in [4.78, 5) is 52.0. The molecule has 0 unspecified atom stereocenters. The first kappa shape index (κ1) is 71.0. The van der Waals surface area contributed by atoms with Gasteiger partial charge >= 0.3 is 17.8 Å². The van der Waals surface area contributed by atoms with Gasteiger partial charge in [0.25, 0.3) is 0 Å².